The van der Waals surface area contributed by atoms with E-state index in [-0.39, 0.29) is 30.1 Å². The molecule has 2 aromatic rings. The lowest BCUT2D eigenvalue weighted by atomic mass is 10.3. The van der Waals surface area contributed by atoms with E-state index in [0.717, 1.165) is 4.68 Å². The number of alkyl halides is 3. The van der Waals surface area contributed by atoms with Crippen LogP contribution in [0.2, 0.25) is 5.02 Å². The van der Waals surface area contributed by atoms with E-state index in [9.17, 15) is 21.6 Å². The molecule has 0 spiro atoms. The molecule has 0 saturated heterocycles. The molecule has 2 rings (SSSR count). The summed E-state index contributed by atoms with van der Waals surface area (Å²) in [5.74, 6) is 0. The smallest absolute Gasteiger partial charge is 0.272 e. The Morgan fingerprint density at radius 1 is 1.28 bits per heavy atom. The van der Waals surface area contributed by atoms with Gasteiger partial charge in [0, 0.05) is 20.1 Å². The molecular weight excluding hydrogens is 383 g/mol. The predicted octanol–water partition coefficient (Wildman–Crippen LogP) is 2.27. The molecule has 0 amide bonds. The summed E-state index contributed by atoms with van der Waals surface area (Å²) in [5.41, 5.74) is -0.477. The normalized spacial score (nSPS) is 12.8. The third-order valence-electron chi connectivity index (χ3n) is 3.72. The minimum absolute atomic E-state index is 0.0366. The number of nitrogens with zero attached hydrogens (tertiary/aromatic N) is 4. The molecule has 0 radical (unpaired) electrons. The van der Waals surface area contributed by atoms with Gasteiger partial charge >= 0.3 is 6.18 Å². The summed E-state index contributed by atoms with van der Waals surface area (Å²) in [6.45, 7) is 3.17. The van der Waals surface area contributed by atoms with Crippen LogP contribution in [0.15, 0.2) is 11.1 Å². The molecule has 0 aliphatic rings. The number of nitrogens with one attached hydrogen (secondary N) is 1. The first kappa shape index (κ1) is 19.7. The Morgan fingerprint density at radius 2 is 1.92 bits per heavy atom. The number of aryl methyl sites for hydroxylation is 2. The first-order chi connectivity index (χ1) is 11.4. The van der Waals surface area contributed by atoms with Crippen molar-refractivity contribution in [1.29, 1.82) is 0 Å². The maximum absolute atomic E-state index is 12.8. The van der Waals surface area contributed by atoms with Crippen LogP contribution in [-0.4, -0.2) is 34.5 Å². The number of hydrogen-bond acceptors (Lipinski definition) is 4. The molecule has 2 aromatic heterocycles. The molecule has 0 atom stereocenters. The van der Waals surface area contributed by atoms with E-state index in [0.29, 0.717) is 5.69 Å². The molecule has 12 heteroatoms. The van der Waals surface area contributed by atoms with Crippen LogP contribution >= 0.6 is 11.6 Å². The second-order valence-corrected chi connectivity index (χ2v) is 7.55. The summed E-state index contributed by atoms with van der Waals surface area (Å²) in [7, 11) is -2.11. The molecule has 25 heavy (non-hydrogen) atoms. The van der Waals surface area contributed by atoms with Crippen LogP contribution < -0.4 is 4.72 Å². The second-order valence-electron chi connectivity index (χ2n) is 5.44. The van der Waals surface area contributed by atoms with Gasteiger partial charge in [-0.25, -0.2) is 13.1 Å². The summed E-state index contributed by atoms with van der Waals surface area (Å²) < 4.78 is 67.6. The largest absolute Gasteiger partial charge is 0.436 e. The number of aromatic nitrogens is 4. The van der Waals surface area contributed by atoms with Gasteiger partial charge in [-0.05, 0) is 20.3 Å². The third-order valence-corrected chi connectivity index (χ3v) is 5.74. The Labute approximate surface area is 147 Å². The number of sulfonamides is 1. The zero-order valence-electron chi connectivity index (χ0n) is 13.7. The van der Waals surface area contributed by atoms with Gasteiger partial charge in [0.1, 0.15) is 4.90 Å². The molecule has 2 heterocycles. The Balaban J connectivity index is 1.99. The molecule has 0 unspecified atom stereocenters. The molecular formula is C13H17ClF3N5O2S. The topological polar surface area (TPSA) is 81.8 Å². The SMILES string of the molecule is Cc1c(S(=O)(=O)NCCCn2nc(C(F)(F)F)c(Cl)c2C)cnn1C. The number of hydrogen-bond donors (Lipinski definition) is 1. The molecule has 140 valence electrons. The highest BCUT2D eigenvalue weighted by Crippen LogP contribution is 2.35. The van der Waals surface area contributed by atoms with E-state index in [2.05, 4.69) is 14.9 Å². The average Bonchev–Trinajstić information content (AvgIpc) is 2.98. The van der Waals surface area contributed by atoms with Crippen molar-refractivity contribution in [2.24, 2.45) is 7.05 Å². The summed E-state index contributed by atoms with van der Waals surface area (Å²) in [4.78, 5) is 0.0627. The van der Waals surface area contributed by atoms with Crippen molar-refractivity contribution < 1.29 is 21.6 Å². The van der Waals surface area contributed by atoms with Gasteiger partial charge in [-0.2, -0.15) is 23.4 Å². The fourth-order valence-electron chi connectivity index (χ4n) is 2.18. The predicted molar refractivity (Wildman–Crippen MR) is 84.7 cm³/mol. The highest BCUT2D eigenvalue weighted by Gasteiger charge is 2.38. The molecule has 0 fully saturated rings. The monoisotopic (exact) mass is 399 g/mol. The van der Waals surface area contributed by atoms with Crippen molar-refractivity contribution in [3.63, 3.8) is 0 Å². The van der Waals surface area contributed by atoms with Crippen LogP contribution in [0.25, 0.3) is 0 Å². The summed E-state index contributed by atoms with van der Waals surface area (Å²) >= 11 is 5.66. The van der Waals surface area contributed by atoms with E-state index in [4.69, 9.17) is 11.6 Å². The molecule has 0 aromatic carbocycles. The van der Waals surface area contributed by atoms with Crippen molar-refractivity contribution in [2.45, 2.75) is 37.9 Å². The summed E-state index contributed by atoms with van der Waals surface area (Å²) in [5, 5.41) is 6.88. The molecule has 0 aliphatic carbocycles. The lowest BCUT2D eigenvalue weighted by Crippen LogP contribution is -2.26. The number of rotatable bonds is 6. The van der Waals surface area contributed by atoms with E-state index in [1.165, 1.54) is 17.8 Å². The van der Waals surface area contributed by atoms with Gasteiger partial charge in [0.15, 0.2) is 5.69 Å². The molecule has 0 bridgehead atoms. The highest BCUT2D eigenvalue weighted by atomic mass is 35.5. The van der Waals surface area contributed by atoms with Crippen LogP contribution in [0, 0.1) is 13.8 Å². The third kappa shape index (κ3) is 4.15. The Kier molecular flexibility index (Phi) is 5.50. The minimum atomic E-state index is -4.63. The lowest BCUT2D eigenvalue weighted by Gasteiger charge is -2.07. The minimum Gasteiger partial charge on any atom is -0.272 e. The van der Waals surface area contributed by atoms with Crippen molar-refractivity contribution in [3.8, 4) is 0 Å². The maximum Gasteiger partial charge on any atom is 0.436 e. The Hall–Kier alpha value is -1.59. The zero-order chi connectivity index (χ0) is 19.0. The van der Waals surface area contributed by atoms with E-state index >= 15 is 0 Å². The summed E-state index contributed by atoms with van der Waals surface area (Å²) in [6, 6.07) is 0. The van der Waals surface area contributed by atoms with Gasteiger partial charge in [0.25, 0.3) is 0 Å². The Morgan fingerprint density at radius 3 is 2.40 bits per heavy atom. The first-order valence-electron chi connectivity index (χ1n) is 7.23. The molecule has 7 nitrogen and oxygen atoms in total. The van der Waals surface area contributed by atoms with Crippen LogP contribution in [0.3, 0.4) is 0 Å². The first-order valence-corrected chi connectivity index (χ1v) is 9.09. The summed E-state index contributed by atoms with van der Waals surface area (Å²) in [6.07, 6.45) is -3.15. The fourth-order valence-corrected chi connectivity index (χ4v) is 3.70. The van der Waals surface area contributed by atoms with Crippen molar-refractivity contribution in [3.05, 3.63) is 28.3 Å². The zero-order valence-corrected chi connectivity index (χ0v) is 15.3. The van der Waals surface area contributed by atoms with Crippen LogP contribution in [0.5, 0.6) is 0 Å². The van der Waals surface area contributed by atoms with Crippen LogP contribution in [0.1, 0.15) is 23.5 Å². The van der Waals surface area contributed by atoms with Gasteiger partial charge < -0.3 is 0 Å². The Bertz CT molecular complexity index is 873. The maximum atomic E-state index is 12.8. The standard InChI is InChI=1S/C13H17ClF3N5O2S/c1-8-10(7-18-21(8)3)25(23,24)19-5-4-6-22-9(2)11(14)12(20-22)13(15,16)17/h7,19H,4-6H2,1-3H3. The van der Waals surface area contributed by atoms with Gasteiger partial charge in [0.05, 0.1) is 22.6 Å². The van der Waals surface area contributed by atoms with E-state index in [1.54, 1.807) is 14.0 Å². The molecule has 0 aliphatic heterocycles. The van der Waals surface area contributed by atoms with Crippen molar-refractivity contribution in [1.82, 2.24) is 24.3 Å². The average molecular weight is 400 g/mol. The van der Waals surface area contributed by atoms with Gasteiger partial charge in [-0.1, -0.05) is 11.6 Å². The van der Waals surface area contributed by atoms with Crippen molar-refractivity contribution >= 4 is 21.6 Å². The van der Waals surface area contributed by atoms with E-state index in [1.807, 2.05) is 0 Å². The van der Waals surface area contributed by atoms with Crippen molar-refractivity contribution in [2.75, 3.05) is 6.54 Å². The van der Waals surface area contributed by atoms with Crippen LogP contribution in [0.4, 0.5) is 13.2 Å². The van der Waals surface area contributed by atoms with Gasteiger partial charge in [-0.3, -0.25) is 9.36 Å². The quantitative estimate of drug-likeness (QED) is 0.755. The fraction of sp³-hybridized carbons (Fsp3) is 0.538. The molecule has 0 saturated carbocycles. The molecule has 1 N–H and O–H groups in total. The second kappa shape index (κ2) is 6.96. The lowest BCUT2D eigenvalue weighted by molar-refractivity contribution is -0.141. The van der Waals surface area contributed by atoms with Gasteiger partial charge in [0.2, 0.25) is 10.0 Å². The number of halogens is 4. The van der Waals surface area contributed by atoms with E-state index < -0.39 is 26.9 Å². The van der Waals surface area contributed by atoms with Gasteiger partial charge in [-0.15, -0.1) is 0 Å². The highest BCUT2D eigenvalue weighted by molar-refractivity contribution is 7.89. The van der Waals surface area contributed by atoms with Crippen LogP contribution in [-0.2, 0) is 29.8 Å².